The summed E-state index contributed by atoms with van der Waals surface area (Å²) in [4.78, 5) is 8.73. The largest absolute Gasteiger partial charge is 0.494 e. The van der Waals surface area contributed by atoms with E-state index in [1.165, 1.54) is 23.8 Å². The number of hydrogen-bond donors (Lipinski definition) is 1. The first-order valence-electron chi connectivity index (χ1n) is 8.45. The summed E-state index contributed by atoms with van der Waals surface area (Å²) >= 11 is 0. The summed E-state index contributed by atoms with van der Waals surface area (Å²) in [5.74, 6) is -0.325. The molecule has 0 radical (unpaired) electrons. The minimum atomic E-state index is -1.51. The van der Waals surface area contributed by atoms with Crippen molar-refractivity contribution in [3.05, 3.63) is 59.7 Å². The highest BCUT2D eigenvalue weighted by atomic mass is 19.1. The first-order chi connectivity index (χ1) is 13.0. The standard InChI is InChI=1S/C19H15F2N5O/c1-27-14-8-11(20)7-12-15(14)23-18(22)26-17(12)24-16(25-26)13-9-19(13,21)10-5-3-2-4-6-10/h2-8,13H,9H2,1H3,(H2,22,23). The number of methoxy groups -OCH3 is 1. The van der Waals surface area contributed by atoms with E-state index in [1.54, 1.807) is 24.3 Å². The fraction of sp³-hybridized carbons (Fsp3) is 0.211. The maximum Gasteiger partial charge on any atom is 0.223 e. The van der Waals surface area contributed by atoms with Crippen LogP contribution in [0, 0.1) is 5.82 Å². The van der Waals surface area contributed by atoms with Gasteiger partial charge in [0.1, 0.15) is 22.8 Å². The molecule has 0 bridgehead atoms. The van der Waals surface area contributed by atoms with Gasteiger partial charge < -0.3 is 10.5 Å². The first kappa shape index (κ1) is 15.9. The van der Waals surface area contributed by atoms with Crippen molar-refractivity contribution >= 4 is 22.5 Å². The molecule has 2 N–H and O–H groups in total. The van der Waals surface area contributed by atoms with Crippen molar-refractivity contribution in [1.29, 1.82) is 0 Å². The number of ether oxygens (including phenoxy) is 1. The lowest BCUT2D eigenvalue weighted by Gasteiger charge is -2.07. The van der Waals surface area contributed by atoms with Crippen LogP contribution in [0.5, 0.6) is 5.75 Å². The van der Waals surface area contributed by atoms with Gasteiger partial charge in [-0.25, -0.2) is 18.7 Å². The highest BCUT2D eigenvalue weighted by Gasteiger charge is 2.59. The number of anilines is 1. The van der Waals surface area contributed by atoms with Crippen LogP contribution in [-0.4, -0.2) is 26.7 Å². The third kappa shape index (κ3) is 2.26. The van der Waals surface area contributed by atoms with Crippen LogP contribution in [0.25, 0.3) is 16.6 Å². The highest BCUT2D eigenvalue weighted by Crippen LogP contribution is 2.60. The monoisotopic (exact) mass is 367 g/mol. The molecule has 2 aromatic carbocycles. The Balaban J connectivity index is 1.68. The molecule has 27 heavy (non-hydrogen) atoms. The lowest BCUT2D eigenvalue weighted by Crippen LogP contribution is -2.05. The van der Waals surface area contributed by atoms with E-state index in [9.17, 15) is 4.39 Å². The Hall–Kier alpha value is -3.29. The van der Waals surface area contributed by atoms with Gasteiger partial charge in [0.05, 0.1) is 18.4 Å². The molecule has 0 spiro atoms. The number of nitrogens with two attached hydrogens (primary N) is 1. The molecular formula is C19H15F2N5O. The number of fused-ring (bicyclic) bond motifs is 3. The van der Waals surface area contributed by atoms with Crippen LogP contribution in [0.2, 0.25) is 0 Å². The van der Waals surface area contributed by atoms with Gasteiger partial charge in [-0.05, 0) is 18.1 Å². The average molecular weight is 367 g/mol. The number of aromatic nitrogens is 4. The number of hydrogen-bond acceptors (Lipinski definition) is 5. The molecule has 2 heterocycles. The molecule has 2 unspecified atom stereocenters. The van der Waals surface area contributed by atoms with Crippen LogP contribution < -0.4 is 10.5 Å². The van der Waals surface area contributed by atoms with Crippen LogP contribution in [0.3, 0.4) is 0 Å². The molecule has 0 amide bonds. The van der Waals surface area contributed by atoms with Crippen LogP contribution >= 0.6 is 0 Å². The molecular weight excluding hydrogens is 352 g/mol. The number of nitrogen functional groups attached to an aromatic ring is 1. The van der Waals surface area contributed by atoms with E-state index >= 15 is 4.39 Å². The van der Waals surface area contributed by atoms with Gasteiger partial charge in [-0.1, -0.05) is 30.3 Å². The molecule has 1 fully saturated rings. The summed E-state index contributed by atoms with van der Waals surface area (Å²) in [7, 11) is 1.42. The molecule has 1 aliphatic rings. The van der Waals surface area contributed by atoms with Crippen molar-refractivity contribution in [3.63, 3.8) is 0 Å². The first-order valence-corrected chi connectivity index (χ1v) is 8.45. The molecule has 136 valence electrons. The summed E-state index contributed by atoms with van der Waals surface area (Å²) in [6.45, 7) is 0. The summed E-state index contributed by atoms with van der Waals surface area (Å²) in [5.41, 5.74) is 5.80. The Kier molecular flexibility index (Phi) is 3.16. The van der Waals surface area contributed by atoms with Crippen molar-refractivity contribution in [2.45, 2.75) is 18.0 Å². The average Bonchev–Trinajstić information content (AvgIpc) is 3.17. The molecule has 0 saturated heterocycles. The second-order valence-electron chi connectivity index (χ2n) is 6.66. The lowest BCUT2D eigenvalue weighted by molar-refractivity contribution is 0.303. The quantitative estimate of drug-likeness (QED) is 0.601. The van der Waals surface area contributed by atoms with Crippen molar-refractivity contribution < 1.29 is 13.5 Å². The molecule has 5 rings (SSSR count). The fourth-order valence-corrected chi connectivity index (χ4v) is 3.56. The Morgan fingerprint density at radius 2 is 2.00 bits per heavy atom. The maximum absolute atomic E-state index is 15.3. The lowest BCUT2D eigenvalue weighted by atomic mass is 10.1. The molecule has 8 heteroatoms. The molecule has 4 aromatic rings. The number of benzene rings is 2. The molecule has 1 saturated carbocycles. The zero-order valence-electron chi connectivity index (χ0n) is 14.4. The van der Waals surface area contributed by atoms with E-state index in [-0.39, 0.29) is 18.1 Å². The van der Waals surface area contributed by atoms with Crippen molar-refractivity contribution in [2.75, 3.05) is 12.8 Å². The SMILES string of the molecule is COc1cc(F)cc2c1nc(N)n1nc(C3CC3(F)c3ccccc3)nc21. The summed E-state index contributed by atoms with van der Waals surface area (Å²) < 4.78 is 35.8. The molecule has 6 nitrogen and oxygen atoms in total. The van der Waals surface area contributed by atoms with Gasteiger partial charge in [-0.2, -0.15) is 4.52 Å². The Bertz CT molecular complexity index is 1190. The van der Waals surface area contributed by atoms with Gasteiger partial charge in [0, 0.05) is 6.07 Å². The zero-order chi connectivity index (χ0) is 18.8. The van der Waals surface area contributed by atoms with E-state index in [2.05, 4.69) is 15.1 Å². The third-order valence-corrected chi connectivity index (χ3v) is 5.03. The van der Waals surface area contributed by atoms with E-state index in [0.29, 0.717) is 27.9 Å². The summed E-state index contributed by atoms with van der Waals surface area (Å²) in [6, 6.07) is 11.5. The summed E-state index contributed by atoms with van der Waals surface area (Å²) in [6.07, 6.45) is 0.289. The predicted octanol–water partition coefficient (Wildman–Crippen LogP) is 3.36. The van der Waals surface area contributed by atoms with Gasteiger partial charge in [-0.15, -0.1) is 5.10 Å². The minimum absolute atomic E-state index is 0.0750. The molecule has 2 atom stereocenters. The van der Waals surface area contributed by atoms with Crippen molar-refractivity contribution in [1.82, 2.24) is 19.6 Å². The van der Waals surface area contributed by atoms with Crippen LogP contribution in [0.1, 0.15) is 23.7 Å². The zero-order valence-corrected chi connectivity index (χ0v) is 14.4. The van der Waals surface area contributed by atoms with Crippen molar-refractivity contribution in [2.24, 2.45) is 0 Å². The highest BCUT2D eigenvalue weighted by molar-refractivity contribution is 5.96. The van der Waals surface area contributed by atoms with Crippen LogP contribution in [0.4, 0.5) is 14.7 Å². The number of nitrogens with zero attached hydrogens (tertiary/aromatic N) is 4. The molecule has 2 aromatic heterocycles. The van der Waals surface area contributed by atoms with E-state index < -0.39 is 17.4 Å². The Labute approximate surface area is 152 Å². The second-order valence-corrected chi connectivity index (χ2v) is 6.66. The molecule has 0 aliphatic heterocycles. The number of rotatable bonds is 3. The Morgan fingerprint density at radius 1 is 1.22 bits per heavy atom. The van der Waals surface area contributed by atoms with E-state index in [4.69, 9.17) is 10.5 Å². The maximum atomic E-state index is 15.3. The normalized spacial score (nSPS) is 21.7. The van der Waals surface area contributed by atoms with Gasteiger partial charge >= 0.3 is 0 Å². The molecule has 1 aliphatic carbocycles. The van der Waals surface area contributed by atoms with Gasteiger partial charge in [0.2, 0.25) is 5.95 Å². The summed E-state index contributed by atoms with van der Waals surface area (Å²) in [5, 5.41) is 4.75. The second kappa shape index (κ2) is 5.35. The van der Waals surface area contributed by atoms with Gasteiger partial charge in [-0.3, -0.25) is 0 Å². The minimum Gasteiger partial charge on any atom is -0.494 e. The fourth-order valence-electron chi connectivity index (χ4n) is 3.56. The van der Waals surface area contributed by atoms with E-state index in [1.807, 2.05) is 6.07 Å². The number of alkyl halides is 1. The topological polar surface area (TPSA) is 78.3 Å². The van der Waals surface area contributed by atoms with Gasteiger partial charge in [0.15, 0.2) is 11.5 Å². The Morgan fingerprint density at radius 3 is 2.74 bits per heavy atom. The van der Waals surface area contributed by atoms with E-state index in [0.717, 1.165) is 0 Å². The predicted molar refractivity (Wildman–Crippen MR) is 95.8 cm³/mol. The van der Waals surface area contributed by atoms with Crippen LogP contribution in [0.15, 0.2) is 42.5 Å². The third-order valence-electron chi connectivity index (χ3n) is 5.03. The van der Waals surface area contributed by atoms with Gasteiger partial charge in [0.25, 0.3) is 0 Å². The number of halogens is 2. The smallest absolute Gasteiger partial charge is 0.223 e. The van der Waals surface area contributed by atoms with Crippen molar-refractivity contribution in [3.8, 4) is 5.75 Å². The van der Waals surface area contributed by atoms with Crippen LogP contribution in [-0.2, 0) is 5.67 Å².